The highest BCUT2D eigenvalue weighted by Gasteiger charge is 2.13. The van der Waals surface area contributed by atoms with Gasteiger partial charge >= 0.3 is 0 Å². The molecule has 0 aliphatic heterocycles. The van der Waals surface area contributed by atoms with Crippen molar-refractivity contribution in [2.75, 3.05) is 5.32 Å². The van der Waals surface area contributed by atoms with Gasteiger partial charge in [0.15, 0.2) is 0 Å². The first-order valence-corrected chi connectivity index (χ1v) is 6.71. The van der Waals surface area contributed by atoms with Crippen LogP contribution < -0.4 is 5.32 Å². The lowest BCUT2D eigenvalue weighted by atomic mass is 10.1. The molecular formula is C15H11BrF2N2. The van der Waals surface area contributed by atoms with Crippen LogP contribution in [0.15, 0.2) is 40.9 Å². The second-order valence-electron chi connectivity index (χ2n) is 4.33. The van der Waals surface area contributed by atoms with Gasteiger partial charge < -0.3 is 5.32 Å². The average Bonchev–Trinajstić information content (AvgIpc) is 2.43. The van der Waals surface area contributed by atoms with Gasteiger partial charge in [-0.25, -0.2) is 8.78 Å². The minimum absolute atomic E-state index is 0.219. The third kappa shape index (κ3) is 3.14. The topological polar surface area (TPSA) is 35.8 Å². The van der Waals surface area contributed by atoms with Crippen LogP contribution in [0.3, 0.4) is 0 Å². The lowest BCUT2D eigenvalue weighted by molar-refractivity contribution is 0.577. The van der Waals surface area contributed by atoms with Crippen molar-refractivity contribution in [1.29, 1.82) is 5.26 Å². The van der Waals surface area contributed by atoms with Gasteiger partial charge in [0.05, 0.1) is 17.3 Å². The number of anilines is 1. The fourth-order valence-electron chi connectivity index (χ4n) is 1.89. The third-order valence-electron chi connectivity index (χ3n) is 2.90. The van der Waals surface area contributed by atoms with E-state index in [9.17, 15) is 8.78 Å². The van der Waals surface area contributed by atoms with Gasteiger partial charge in [-0.3, -0.25) is 0 Å². The number of nitrogens with zero attached hydrogens (tertiary/aromatic N) is 1. The zero-order valence-electron chi connectivity index (χ0n) is 10.6. The first kappa shape index (κ1) is 14.5. The Morgan fingerprint density at radius 2 is 1.95 bits per heavy atom. The number of hydrogen-bond acceptors (Lipinski definition) is 2. The van der Waals surface area contributed by atoms with Gasteiger partial charge in [-0.1, -0.05) is 15.9 Å². The van der Waals surface area contributed by atoms with E-state index in [0.717, 1.165) is 22.7 Å². The predicted octanol–water partition coefficient (Wildman–Crippen LogP) is 4.77. The summed E-state index contributed by atoms with van der Waals surface area (Å²) >= 11 is 3.28. The largest absolute Gasteiger partial charge is 0.377 e. The van der Waals surface area contributed by atoms with E-state index < -0.39 is 17.7 Å². The van der Waals surface area contributed by atoms with Crippen LogP contribution in [0.25, 0.3) is 0 Å². The highest BCUT2D eigenvalue weighted by Crippen LogP contribution is 2.26. The van der Waals surface area contributed by atoms with E-state index >= 15 is 0 Å². The molecule has 0 amide bonds. The van der Waals surface area contributed by atoms with Crippen LogP contribution in [0.2, 0.25) is 0 Å². The summed E-state index contributed by atoms with van der Waals surface area (Å²) in [4.78, 5) is 0. The lowest BCUT2D eigenvalue weighted by Crippen LogP contribution is -2.10. The normalized spacial score (nSPS) is 11.8. The molecule has 0 fully saturated rings. The molecule has 0 aromatic heterocycles. The Morgan fingerprint density at radius 1 is 1.20 bits per heavy atom. The van der Waals surface area contributed by atoms with Crippen LogP contribution in [0.1, 0.15) is 24.1 Å². The van der Waals surface area contributed by atoms with E-state index in [1.807, 2.05) is 0 Å². The standard InChI is InChI=1S/C15H11BrF2N2/c1-9(13-7-12(17)3-4-14(13)18)20-15-5-2-11(16)6-10(15)8-19/h2-7,9,20H,1H3. The van der Waals surface area contributed by atoms with Gasteiger partial charge in [-0.2, -0.15) is 5.26 Å². The quantitative estimate of drug-likeness (QED) is 0.876. The second-order valence-corrected chi connectivity index (χ2v) is 5.25. The highest BCUT2D eigenvalue weighted by molar-refractivity contribution is 9.10. The Kier molecular flexibility index (Phi) is 4.35. The van der Waals surface area contributed by atoms with Gasteiger partial charge in [0.2, 0.25) is 0 Å². The minimum atomic E-state index is -0.494. The SMILES string of the molecule is CC(Nc1ccc(Br)cc1C#N)c1cc(F)ccc1F. The van der Waals surface area contributed by atoms with Crippen LogP contribution in [-0.4, -0.2) is 0 Å². The Morgan fingerprint density at radius 3 is 2.65 bits per heavy atom. The Balaban J connectivity index is 2.30. The fraction of sp³-hybridized carbons (Fsp3) is 0.133. The van der Waals surface area contributed by atoms with Crippen LogP contribution in [0, 0.1) is 23.0 Å². The average molecular weight is 337 g/mol. The van der Waals surface area contributed by atoms with Gasteiger partial charge in [0.25, 0.3) is 0 Å². The van der Waals surface area contributed by atoms with Crippen molar-refractivity contribution in [3.63, 3.8) is 0 Å². The molecule has 0 saturated carbocycles. The van der Waals surface area contributed by atoms with E-state index in [1.165, 1.54) is 0 Å². The van der Waals surface area contributed by atoms with E-state index in [2.05, 4.69) is 27.3 Å². The van der Waals surface area contributed by atoms with E-state index in [-0.39, 0.29) is 5.56 Å². The molecule has 1 unspecified atom stereocenters. The van der Waals surface area contributed by atoms with Gasteiger partial charge in [-0.05, 0) is 43.3 Å². The van der Waals surface area contributed by atoms with E-state index in [0.29, 0.717) is 11.3 Å². The predicted molar refractivity (Wildman–Crippen MR) is 77.3 cm³/mol. The summed E-state index contributed by atoms with van der Waals surface area (Å²) in [6, 6.07) is 10.1. The van der Waals surface area contributed by atoms with Gasteiger partial charge in [0, 0.05) is 10.0 Å². The molecule has 0 bridgehead atoms. The molecule has 1 N–H and O–H groups in total. The molecule has 0 saturated heterocycles. The molecule has 0 aliphatic carbocycles. The molecule has 0 aliphatic rings. The number of nitriles is 1. The van der Waals surface area contributed by atoms with Gasteiger partial charge in [-0.15, -0.1) is 0 Å². The first-order chi connectivity index (χ1) is 9.51. The molecule has 5 heteroatoms. The zero-order valence-corrected chi connectivity index (χ0v) is 12.2. The molecule has 20 heavy (non-hydrogen) atoms. The maximum Gasteiger partial charge on any atom is 0.128 e. The van der Waals surface area contributed by atoms with Crippen molar-refractivity contribution in [1.82, 2.24) is 0 Å². The Labute approximate surface area is 124 Å². The third-order valence-corrected chi connectivity index (χ3v) is 3.39. The molecule has 0 spiro atoms. The van der Waals surface area contributed by atoms with E-state index in [4.69, 9.17) is 5.26 Å². The number of benzene rings is 2. The fourth-order valence-corrected chi connectivity index (χ4v) is 2.25. The van der Waals surface area contributed by atoms with Crippen molar-refractivity contribution in [2.24, 2.45) is 0 Å². The molecule has 2 aromatic carbocycles. The molecule has 2 rings (SSSR count). The van der Waals surface area contributed by atoms with Crippen LogP contribution >= 0.6 is 15.9 Å². The van der Waals surface area contributed by atoms with Crippen LogP contribution in [-0.2, 0) is 0 Å². The molecule has 1 atom stereocenters. The first-order valence-electron chi connectivity index (χ1n) is 5.92. The van der Waals surface area contributed by atoms with Crippen LogP contribution in [0.4, 0.5) is 14.5 Å². The Bertz CT molecular complexity index is 680. The van der Waals surface area contributed by atoms with Crippen molar-refractivity contribution < 1.29 is 8.78 Å². The molecule has 2 nitrogen and oxygen atoms in total. The van der Waals surface area contributed by atoms with Gasteiger partial charge in [0.1, 0.15) is 17.7 Å². The number of nitrogens with one attached hydrogen (secondary N) is 1. The summed E-state index contributed by atoms with van der Waals surface area (Å²) in [6.45, 7) is 1.71. The highest BCUT2D eigenvalue weighted by atomic mass is 79.9. The number of halogens is 3. The maximum absolute atomic E-state index is 13.7. The van der Waals surface area contributed by atoms with Crippen molar-refractivity contribution >= 4 is 21.6 Å². The summed E-state index contributed by atoms with van der Waals surface area (Å²) < 4.78 is 27.7. The Hall–Kier alpha value is -1.93. The molecule has 0 heterocycles. The number of rotatable bonds is 3. The smallest absolute Gasteiger partial charge is 0.128 e. The van der Waals surface area contributed by atoms with Crippen molar-refractivity contribution in [3.05, 3.63) is 63.6 Å². The summed E-state index contributed by atoms with van der Waals surface area (Å²) in [5, 5.41) is 12.1. The monoisotopic (exact) mass is 336 g/mol. The van der Waals surface area contributed by atoms with Crippen molar-refractivity contribution in [3.8, 4) is 6.07 Å². The zero-order chi connectivity index (χ0) is 14.7. The molecule has 102 valence electrons. The lowest BCUT2D eigenvalue weighted by Gasteiger charge is -2.17. The summed E-state index contributed by atoms with van der Waals surface area (Å²) in [5.74, 6) is -0.978. The summed E-state index contributed by atoms with van der Waals surface area (Å²) in [7, 11) is 0. The molecular weight excluding hydrogens is 326 g/mol. The van der Waals surface area contributed by atoms with Crippen LogP contribution in [0.5, 0.6) is 0 Å². The molecule has 2 aromatic rings. The van der Waals surface area contributed by atoms with E-state index in [1.54, 1.807) is 25.1 Å². The summed E-state index contributed by atoms with van der Waals surface area (Å²) in [5.41, 5.74) is 1.23. The maximum atomic E-state index is 13.7. The number of hydrogen-bond donors (Lipinski definition) is 1. The van der Waals surface area contributed by atoms with Crippen molar-refractivity contribution in [2.45, 2.75) is 13.0 Å². The molecule has 0 radical (unpaired) electrons. The minimum Gasteiger partial charge on any atom is -0.377 e. The second kappa shape index (κ2) is 6.02. The summed E-state index contributed by atoms with van der Waals surface area (Å²) in [6.07, 6.45) is 0.